The van der Waals surface area contributed by atoms with Crippen molar-refractivity contribution in [2.45, 2.75) is 38.5 Å². The summed E-state index contributed by atoms with van der Waals surface area (Å²) in [5.74, 6) is 1.14. The number of rotatable bonds is 7. The van der Waals surface area contributed by atoms with Gasteiger partial charge in [-0.05, 0) is 31.2 Å². The molecular formula is C17H25NO3. The molecule has 2 unspecified atom stereocenters. The van der Waals surface area contributed by atoms with E-state index in [0.29, 0.717) is 19.1 Å². The Balaban J connectivity index is 1.95. The first-order valence-electron chi connectivity index (χ1n) is 7.86. The van der Waals surface area contributed by atoms with Crippen molar-refractivity contribution in [1.29, 1.82) is 0 Å². The minimum absolute atomic E-state index is 0.0739. The van der Waals surface area contributed by atoms with Gasteiger partial charge in [0.25, 0.3) is 0 Å². The molecule has 1 aromatic rings. The van der Waals surface area contributed by atoms with Crippen molar-refractivity contribution in [3.8, 4) is 5.75 Å². The van der Waals surface area contributed by atoms with Crippen LogP contribution in [0.25, 0.3) is 0 Å². The maximum absolute atomic E-state index is 12.4. The molecule has 1 amide bonds. The van der Waals surface area contributed by atoms with Crippen LogP contribution >= 0.6 is 0 Å². The summed E-state index contributed by atoms with van der Waals surface area (Å²) < 4.78 is 5.59. The standard InChI is InChI=1S/C17H25NO3/c1-2-5-13(8-10-19)12-18-17(20)15-9-11-21-16-7-4-3-6-14(15)16/h3-4,6-7,13,15,19H,2,5,8-12H2,1H3,(H,18,20). The molecule has 0 radical (unpaired) electrons. The zero-order chi connectivity index (χ0) is 15.1. The summed E-state index contributed by atoms with van der Waals surface area (Å²) in [5, 5.41) is 12.1. The molecule has 1 aromatic carbocycles. The van der Waals surface area contributed by atoms with Crippen molar-refractivity contribution >= 4 is 5.91 Å². The first-order chi connectivity index (χ1) is 10.3. The molecule has 116 valence electrons. The topological polar surface area (TPSA) is 58.6 Å². The normalized spacial score (nSPS) is 18.5. The van der Waals surface area contributed by atoms with Crippen molar-refractivity contribution in [2.24, 2.45) is 5.92 Å². The van der Waals surface area contributed by atoms with Gasteiger partial charge >= 0.3 is 0 Å². The van der Waals surface area contributed by atoms with Crippen molar-refractivity contribution < 1.29 is 14.6 Å². The molecule has 0 aromatic heterocycles. The summed E-state index contributed by atoms with van der Waals surface area (Å²) in [6.45, 7) is 3.54. The lowest BCUT2D eigenvalue weighted by atomic mass is 9.92. The molecule has 2 N–H and O–H groups in total. The van der Waals surface area contributed by atoms with Gasteiger partial charge in [0.05, 0.1) is 12.5 Å². The number of amides is 1. The van der Waals surface area contributed by atoms with E-state index in [0.717, 1.165) is 37.0 Å². The molecule has 4 heteroatoms. The van der Waals surface area contributed by atoms with Crippen molar-refractivity contribution in [1.82, 2.24) is 5.32 Å². The largest absolute Gasteiger partial charge is 0.493 e. The van der Waals surface area contributed by atoms with Gasteiger partial charge in [0.1, 0.15) is 5.75 Å². The Morgan fingerprint density at radius 1 is 1.43 bits per heavy atom. The summed E-state index contributed by atoms with van der Waals surface area (Å²) >= 11 is 0. The number of benzene rings is 1. The summed E-state index contributed by atoms with van der Waals surface area (Å²) in [6, 6.07) is 7.76. The van der Waals surface area contributed by atoms with Crippen LogP contribution in [-0.4, -0.2) is 30.8 Å². The van der Waals surface area contributed by atoms with Crippen molar-refractivity contribution in [3.63, 3.8) is 0 Å². The molecule has 1 heterocycles. The van der Waals surface area contributed by atoms with E-state index in [2.05, 4.69) is 12.2 Å². The van der Waals surface area contributed by atoms with Crippen LogP contribution in [0.4, 0.5) is 0 Å². The lowest BCUT2D eigenvalue weighted by molar-refractivity contribution is -0.123. The minimum atomic E-state index is -0.119. The Morgan fingerprint density at radius 3 is 3.00 bits per heavy atom. The molecular weight excluding hydrogens is 266 g/mol. The lowest BCUT2D eigenvalue weighted by Gasteiger charge is -2.26. The molecule has 2 rings (SSSR count). The number of para-hydroxylation sites is 1. The van der Waals surface area contributed by atoms with Gasteiger partial charge in [0, 0.05) is 18.7 Å². The fourth-order valence-corrected chi connectivity index (χ4v) is 2.92. The summed E-state index contributed by atoms with van der Waals surface area (Å²) in [5.41, 5.74) is 0.982. The minimum Gasteiger partial charge on any atom is -0.493 e. The van der Waals surface area contributed by atoms with Crippen LogP contribution in [0.2, 0.25) is 0 Å². The molecule has 0 bridgehead atoms. The van der Waals surface area contributed by atoms with E-state index in [1.165, 1.54) is 0 Å². The monoisotopic (exact) mass is 291 g/mol. The Labute approximate surface area is 126 Å². The second kappa shape index (κ2) is 8.03. The number of aliphatic hydroxyl groups is 1. The molecule has 4 nitrogen and oxygen atoms in total. The van der Waals surface area contributed by atoms with E-state index in [-0.39, 0.29) is 18.4 Å². The highest BCUT2D eigenvalue weighted by molar-refractivity contribution is 5.84. The molecule has 1 aliphatic rings. The number of ether oxygens (including phenoxy) is 1. The SMILES string of the molecule is CCCC(CCO)CNC(=O)C1CCOc2ccccc21. The maximum atomic E-state index is 12.4. The van der Waals surface area contributed by atoms with E-state index in [1.54, 1.807) is 0 Å². The molecule has 21 heavy (non-hydrogen) atoms. The number of fused-ring (bicyclic) bond motifs is 1. The smallest absolute Gasteiger partial charge is 0.227 e. The van der Waals surface area contributed by atoms with E-state index >= 15 is 0 Å². The van der Waals surface area contributed by atoms with Crippen molar-refractivity contribution in [2.75, 3.05) is 19.8 Å². The Morgan fingerprint density at radius 2 is 2.24 bits per heavy atom. The van der Waals surface area contributed by atoms with Gasteiger partial charge in [-0.1, -0.05) is 31.5 Å². The second-order valence-corrected chi connectivity index (χ2v) is 5.64. The number of carbonyl (C=O) groups excluding carboxylic acids is 1. The fraction of sp³-hybridized carbons (Fsp3) is 0.588. The molecule has 0 spiro atoms. The van der Waals surface area contributed by atoms with Crippen LogP contribution in [-0.2, 0) is 4.79 Å². The Hall–Kier alpha value is -1.55. The summed E-state index contributed by atoms with van der Waals surface area (Å²) in [7, 11) is 0. The number of aliphatic hydroxyl groups excluding tert-OH is 1. The molecule has 1 aliphatic heterocycles. The Bertz CT molecular complexity index is 455. The fourth-order valence-electron chi connectivity index (χ4n) is 2.92. The highest BCUT2D eigenvalue weighted by Crippen LogP contribution is 2.33. The van der Waals surface area contributed by atoms with Crippen LogP contribution in [0.15, 0.2) is 24.3 Å². The number of nitrogens with one attached hydrogen (secondary N) is 1. The highest BCUT2D eigenvalue weighted by Gasteiger charge is 2.27. The molecule has 0 saturated carbocycles. The van der Waals surface area contributed by atoms with Gasteiger partial charge < -0.3 is 15.2 Å². The van der Waals surface area contributed by atoms with Gasteiger partial charge in [-0.3, -0.25) is 4.79 Å². The predicted octanol–water partition coefficient (Wildman–Crippen LogP) is 2.47. The summed E-state index contributed by atoms with van der Waals surface area (Å²) in [4.78, 5) is 12.4. The third-order valence-corrected chi connectivity index (χ3v) is 4.07. The number of hydrogen-bond donors (Lipinski definition) is 2. The number of carbonyl (C=O) groups is 1. The maximum Gasteiger partial charge on any atom is 0.227 e. The zero-order valence-corrected chi connectivity index (χ0v) is 12.7. The molecule has 0 saturated heterocycles. The van der Waals surface area contributed by atoms with Crippen LogP contribution in [0, 0.1) is 5.92 Å². The third kappa shape index (κ3) is 4.21. The molecule has 0 fully saturated rings. The lowest BCUT2D eigenvalue weighted by Crippen LogP contribution is -2.35. The third-order valence-electron chi connectivity index (χ3n) is 4.07. The quantitative estimate of drug-likeness (QED) is 0.811. The van der Waals surface area contributed by atoms with Crippen LogP contribution in [0.5, 0.6) is 5.75 Å². The average molecular weight is 291 g/mol. The van der Waals surface area contributed by atoms with Crippen LogP contribution in [0.3, 0.4) is 0 Å². The zero-order valence-electron chi connectivity index (χ0n) is 12.7. The van der Waals surface area contributed by atoms with E-state index in [4.69, 9.17) is 9.84 Å². The van der Waals surface area contributed by atoms with Gasteiger partial charge in [-0.15, -0.1) is 0 Å². The first kappa shape index (κ1) is 15.8. The first-order valence-corrected chi connectivity index (χ1v) is 7.86. The van der Waals surface area contributed by atoms with Crippen LogP contribution in [0.1, 0.15) is 44.1 Å². The van der Waals surface area contributed by atoms with Gasteiger partial charge in [-0.25, -0.2) is 0 Å². The van der Waals surface area contributed by atoms with E-state index in [1.807, 2.05) is 24.3 Å². The van der Waals surface area contributed by atoms with Gasteiger partial charge in [0.15, 0.2) is 0 Å². The number of hydrogen-bond acceptors (Lipinski definition) is 3. The molecule has 2 atom stereocenters. The van der Waals surface area contributed by atoms with Gasteiger partial charge in [-0.2, -0.15) is 0 Å². The van der Waals surface area contributed by atoms with E-state index < -0.39 is 0 Å². The van der Waals surface area contributed by atoms with E-state index in [9.17, 15) is 4.79 Å². The van der Waals surface area contributed by atoms with Gasteiger partial charge in [0.2, 0.25) is 5.91 Å². The average Bonchev–Trinajstić information content (AvgIpc) is 2.52. The van der Waals surface area contributed by atoms with Crippen LogP contribution < -0.4 is 10.1 Å². The second-order valence-electron chi connectivity index (χ2n) is 5.64. The van der Waals surface area contributed by atoms with Crippen molar-refractivity contribution in [3.05, 3.63) is 29.8 Å². The predicted molar refractivity (Wildman–Crippen MR) is 82.4 cm³/mol. The molecule has 0 aliphatic carbocycles. The Kier molecular flexibility index (Phi) is 6.05. The summed E-state index contributed by atoms with van der Waals surface area (Å²) in [6.07, 6.45) is 3.58. The highest BCUT2D eigenvalue weighted by atomic mass is 16.5.